The number of rotatable bonds is 1. The molecule has 0 aromatic rings. The molecule has 3 aliphatic rings. The maximum absolute atomic E-state index is 12.5. The zero-order valence-corrected chi connectivity index (χ0v) is 14.4. The Hall–Kier alpha value is -1.83. The molecule has 2 unspecified atom stereocenters. The highest BCUT2D eigenvalue weighted by Gasteiger charge is 2.37. The highest BCUT2D eigenvalue weighted by Crippen LogP contribution is 2.32. The predicted octanol–water partition coefficient (Wildman–Crippen LogP) is 2.64. The first-order chi connectivity index (χ1) is 10.8. The van der Waals surface area contributed by atoms with Crippen molar-refractivity contribution in [3.63, 3.8) is 0 Å². The molecule has 0 bridgehead atoms. The molecule has 0 aromatic heterocycles. The maximum atomic E-state index is 12.5. The number of hydrogen-bond acceptors (Lipinski definition) is 5. The molecule has 0 aromatic carbocycles. The summed E-state index contributed by atoms with van der Waals surface area (Å²) >= 11 is 1.57. The van der Waals surface area contributed by atoms with Crippen LogP contribution in [0.1, 0.15) is 33.6 Å². The van der Waals surface area contributed by atoms with Crippen LogP contribution in [0.25, 0.3) is 0 Å². The van der Waals surface area contributed by atoms with E-state index in [0.717, 1.165) is 12.8 Å². The fourth-order valence-electron chi connectivity index (χ4n) is 2.72. The third-order valence-electron chi connectivity index (χ3n) is 3.73. The Morgan fingerprint density at radius 1 is 1.26 bits per heavy atom. The Balaban J connectivity index is 1.59. The van der Waals surface area contributed by atoms with Gasteiger partial charge < -0.3 is 15.0 Å². The van der Waals surface area contributed by atoms with Gasteiger partial charge in [-0.25, -0.2) is 9.59 Å². The van der Waals surface area contributed by atoms with Crippen molar-refractivity contribution in [2.75, 3.05) is 6.54 Å². The minimum Gasteiger partial charge on any atom is -0.444 e. The normalized spacial score (nSPS) is 26.0. The van der Waals surface area contributed by atoms with Crippen molar-refractivity contribution in [2.24, 2.45) is 0 Å². The topological polar surface area (TPSA) is 65.1 Å². The lowest BCUT2D eigenvalue weighted by atomic mass is 10.2. The Morgan fingerprint density at radius 2 is 2.04 bits per heavy atom. The van der Waals surface area contributed by atoms with Crippen LogP contribution in [0.15, 0.2) is 24.0 Å². The molecule has 0 aliphatic carbocycles. The van der Waals surface area contributed by atoms with Crippen LogP contribution in [0.3, 0.4) is 0 Å². The van der Waals surface area contributed by atoms with Gasteiger partial charge in [-0.15, -0.1) is 0 Å². The monoisotopic (exact) mass is 338 g/mol. The van der Waals surface area contributed by atoms with Gasteiger partial charge in [-0.3, -0.25) is 9.80 Å². The highest BCUT2D eigenvalue weighted by atomic mass is 32.2. The molecule has 0 saturated carbocycles. The van der Waals surface area contributed by atoms with Crippen molar-refractivity contribution in [1.29, 1.82) is 0 Å². The lowest BCUT2D eigenvalue weighted by molar-refractivity contribution is 0.0207. The van der Waals surface area contributed by atoms with Gasteiger partial charge in [0.05, 0.1) is 0 Å². The molecule has 3 heterocycles. The van der Waals surface area contributed by atoms with Crippen molar-refractivity contribution >= 4 is 23.9 Å². The number of thioether (sulfide) groups is 1. The smallest absolute Gasteiger partial charge is 0.411 e. The number of amides is 3. The van der Waals surface area contributed by atoms with Gasteiger partial charge in [0.15, 0.2) is 5.50 Å². The summed E-state index contributed by atoms with van der Waals surface area (Å²) in [5.41, 5.74) is -0.607. The summed E-state index contributed by atoms with van der Waals surface area (Å²) in [6, 6.07) is -0.203. The summed E-state index contributed by atoms with van der Waals surface area (Å²) in [7, 11) is 0. The molecule has 7 nitrogen and oxygen atoms in total. The van der Waals surface area contributed by atoms with Crippen molar-refractivity contribution in [3.8, 4) is 0 Å². The van der Waals surface area contributed by atoms with E-state index in [1.54, 1.807) is 27.8 Å². The average molecular weight is 338 g/mol. The number of carbonyl (C=O) groups is 2. The summed E-state index contributed by atoms with van der Waals surface area (Å²) in [6.07, 6.45) is 6.44. The largest absolute Gasteiger partial charge is 0.444 e. The highest BCUT2D eigenvalue weighted by molar-refractivity contribution is 8.02. The Labute approximate surface area is 140 Å². The number of hydrogen-bond donors (Lipinski definition) is 1. The quantitative estimate of drug-likeness (QED) is 0.796. The molecule has 8 heteroatoms. The summed E-state index contributed by atoms with van der Waals surface area (Å²) in [5.74, 6) is 0. The minimum absolute atomic E-state index is 0.0635. The van der Waals surface area contributed by atoms with Crippen LogP contribution in [0.4, 0.5) is 9.59 Å². The first-order valence-corrected chi connectivity index (χ1v) is 8.66. The van der Waals surface area contributed by atoms with Crippen molar-refractivity contribution < 1.29 is 14.3 Å². The number of urea groups is 1. The SMILES string of the molecule is CC(C)(C)OC(=O)N1CCCC1NC(=O)N1C=CN2C=CSC21. The van der Waals surface area contributed by atoms with Crippen LogP contribution in [0, 0.1) is 0 Å². The van der Waals surface area contributed by atoms with Gasteiger partial charge in [0.25, 0.3) is 0 Å². The molecule has 23 heavy (non-hydrogen) atoms. The molecule has 1 saturated heterocycles. The first-order valence-electron chi connectivity index (χ1n) is 7.71. The van der Waals surface area contributed by atoms with Crippen LogP contribution < -0.4 is 5.32 Å². The number of carbonyl (C=O) groups excluding carboxylic acids is 2. The number of nitrogens with one attached hydrogen (secondary N) is 1. The van der Waals surface area contributed by atoms with Gasteiger partial charge in [0, 0.05) is 25.1 Å². The van der Waals surface area contributed by atoms with Crippen molar-refractivity contribution in [1.82, 2.24) is 20.0 Å². The first kappa shape index (κ1) is 16.0. The molecular formula is C15H22N4O3S. The van der Waals surface area contributed by atoms with Crippen LogP contribution in [-0.4, -0.2) is 50.6 Å². The van der Waals surface area contributed by atoms with E-state index in [9.17, 15) is 9.59 Å². The standard InChI is InChI=1S/C15H22N4O3S/c1-15(2,3)22-14(21)18-6-4-5-11(18)16-12(20)19-8-7-17-9-10-23-13(17)19/h7-11,13H,4-6H2,1-3H3,(H,16,20). The third-order valence-corrected chi connectivity index (χ3v) is 4.72. The van der Waals surface area contributed by atoms with Crippen molar-refractivity contribution in [2.45, 2.75) is 50.9 Å². The summed E-state index contributed by atoms with van der Waals surface area (Å²) < 4.78 is 5.41. The lowest BCUT2D eigenvalue weighted by Gasteiger charge is -2.31. The van der Waals surface area contributed by atoms with Crippen LogP contribution in [0.2, 0.25) is 0 Å². The second kappa shape index (κ2) is 5.99. The summed E-state index contributed by atoms with van der Waals surface area (Å²) in [4.78, 5) is 30.0. The van der Waals surface area contributed by atoms with E-state index in [0.29, 0.717) is 6.54 Å². The summed E-state index contributed by atoms with van der Waals surface area (Å²) in [6.45, 7) is 6.11. The second-order valence-electron chi connectivity index (χ2n) is 6.68. The van der Waals surface area contributed by atoms with Gasteiger partial charge in [0.1, 0.15) is 11.8 Å². The molecule has 0 radical (unpaired) electrons. The molecule has 3 aliphatic heterocycles. The molecule has 1 N–H and O–H groups in total. The molecule has 0 spiro atoms. The zero-order chi connectivity index (χ0) is 16.6. The number of nitrogens with zero attached hydrogens (tertiary/aromatic N) is 3. The van der Waals surface area contributed by atoms with Gasteiger partial charge in [-0.2, -0.15) is 0 Å². The fraction of sp³-hybridized carbons (Fsp3) is 0.600. The van der Waals surface area contributed by atoms with Gasteiger partial charge in [-0.05, 0) is 39.0 Å². The van der Waals surface area contributed by atoms with E-state index < -0.39 is 5.60 Å². The number of ether oxygens (including phenoxy) is 1. The Kier molecular flexibility index (Phi) is 4.18. The Bertz CT molecular complexity index is 557. The average Bonchev–Trinajstić information content (AvgIpc) is 3.11. The third kappa shape index (κ3) is 3.41. The molecule has 126 valence electrons. The fourth-order valence-corrected chi connectivity index (χ4v) is 3.65. The maximum Gasteiger partial charge on any atom is 0.411 e. The molecule has 1 fully saturated rings. The van der Waals surface area contributed by atoms with E-state index in [4.69, 9.17) is 4.74 Å². The Morgan fingerprint density at radius 3 is 2.78 bits per heavy atom. The minimum atomic E-state index is -0.543. The lowest BCUT2D eigenvalue weighted by Crippen LogP contribution is -2.52. The molecular weight excluding hydrogens is 316 g/mol. The van der Waals surface area contributed by atoms with E-state index in [-0.39, 0.29) is 23.8 Å². The molecule has 2 atom stereocenters. The van der Waals surface area contributed by atoms with Crippen molar-refractivity contribution in [3.05, 3.63) is 24.0 Å². The van der Waals surface area contributed by atoms with Gasteiger partial charge >= 0.3 is 12.1 Å². The van der Waals surface area contributed by atoms with Crippen LogP contribution in [-0.2, 0) is 4.74 Å². The molecule has 3 rings (SSSR count). The van der Waals surface area contributed by atoms with Gasteiger partial charge in [0.2, 0.25) is 0 Å². The summed E-state index contributed by atoms with van der Waals surface area (Å²) in [5, 5.41) is 4.90. The van der Waals surface area contributed by atoms with Gasteiger partial charge in [-0.1, -0.05) is 11.8 Å². The van der Waals surface area contributed by atoms with E-state index >= 15 is 0 Å². The number of likely N-dealkylation sites (tertiary alicyclic amines) is 1. The van der Waals surface area contributed by atoms with E-state index in [1.165, 1.54) is 0 Å². The van der Waals surface area contributed by atoms with E-state index in [1.807, 2.05) is 43.5 Å². The molecule has 3 amide bonds. The van der Waals surface area contributed by atoms with Crippen LogP contribution in [0.5, 0.6) is 0 Å². The number of fused-ring (bicyclic) bond motifs is 1. The second-order valence-corrected chi connectivity index (χ2v) is 7.65. The predicted molar refractivity (Wildman–Crippen MR) is 87.8 cm³/mol. The van der Waals surface area contributed by atoms with Crippen LogP contribution >= 0.6 is 11.8 Å². The van der Waals surface area contributed by atoms with E-state index in [2.05, 4.69) is 5.32 Å². The zero-order valence-electron chi connectivity index (χ0n) is 13.6.